The second-order valence-corrected chi connectivity index (χ2v) is 12.6. The number of carboxylic acid groups (broad SMARTS) is 1. The Morgan fingerprint density at radius 2 is 1.61 bits per heavy atom. The van der Waals surface area contributed by atoms with Crippen LogP contribution in [0.25, 0.3) is 11.0 Å². The van der Waals surface area contributed by atoms with Gasteiger partial charge in [0, 0.05) is 37.0 Å². The van der Waals surface area contributed by atoms with Gasteiger partial charge in [0.15, 0.2) is 5.69 Å². The summed E-state index contributed by atoms with van der Waals surface area (Å²) in [4.78, 5) is 49.4. The van der Waals surface area contributed by atoms with Crippen LogP contribution in [0.5, 0.6) is 0 Å². The largest absolute Gasteiger partial charge is 0.479 e. The third kappa shape index (κ3) is 5.89. The number of benzene rings is 1. The highest BCUT2D eigenvalue weighted by molar-refractivity contribution is 6.01. The van der Waals surface area contributed by atoms with Crippen molar-refractivity contribution in [1.82, 2.24) is 14.5 Å². The lowest BCUT2D eigenvalue weighted by Crippen LogP contribution is -2.58. The van der Waals surface area contributed by atoms with E-state index in [1.54, 1.807) is 0 Å². The van der Waals surface area contributed by atoms with Crippen molar-refractivity contribution in [1.29, 1.82) is 0 Å². The van der Waals surface area contributed by atoms with Crippen molar-refractivity contribution in [2.24, 2.45) is 22.7 Å². The fourth-order valence-corrected chi connectivity index (χ4v) is 8.45. The first-order valence-corrected chi connectivity index (χ1v) is 15.4. The Morgan fingerprint density at radius 1 is 0.927 bits per heavy atom. The summed E-state index contributed by atoms with van der Waals surface area (Å²) in [6, 6.07) is 9.22. The van der Waals surface area contributed by atoms with Crippen LogP contribution in [-0.4, -0.2) is 61.9 Å². The van der Waals surface area contributed by atoms with Gasteiger partial charge in [0.25, 0.3) is 5.56 Å². The molecule has 10 nitrogen and oxygen atoms in total. The van der Waals surface area contributed by atoms with Crippen LogP contribution in [-0.2, 0) is 14.4 Å². The van der Waals surface area contributed by atoms with Crippen LogP contribution >= 0.6 is 0 Å². The van der Waals surface area contributed by atoms with Gasteiger partial charge in [-0.2, -0.15) is 0 Å². The van der Waals surface area contributed by atoms with Crippen molar-refractivity contribution in [3.8, 4) is 0 Å². The maximum Gasteiger partial charge on any atom is 0.344 e. The van der Waals surface area contributed by atoms with Gasteiger partial charge in [-0.05, 0) is 68.9 Å². The molecule has 3 N–H and O–H groups in total. The number of fused-ring (bicyclic) bond motifs is 5. The van der Waals surface area contributed by atoms with Crippen molar-refractivity contribution in [3.63, 3.8) is 0 Å². The number of oxime groups is 1. The number of amides is 1. The summed E-state index contributed by atoms with van der Waals surface area (Å²) in [6.07, 6.45) is 13.6. The Balaban J connectivity index is 1.34. The van der Waals surface area contributed by atoms with Crippen molar-refractivity contribution in [2.45, 2.75) is 108 Å². The second-order valence-electron chi connectivity index (χ2n) is 12.6. The number of hydrogen-bond donors (Lipinski definition) is 2. The third-order valence-electron chi connectivity index (χ3n) is 9.93. The van der Waals surface area contributed by atoms with Crippen molar-refractivity contribution < 1.29 is 19.5 Å². The molecule has 220 valence electrons. The SMILES string of the molecule is NC(=O)CC/C(=N\OCC(=O)O)c1nc2ccccc2n(C2C[C@H]3CCC[C@@H](C2)N3C2CC3CCCC(C3)C2)c1=O. The summed E-state index contributed by atoms with van der Waals surface area (Å²) in [7, 11) is 0. The highest BCUT2D eigenvalue weighted by atomic mass is 16.6. The molecule has 4 bridgehead atoms. The second kappa shape index (κ2) is 11.9. The molecule has 2 aliphatic carbocycles. The van der Waals surface area contributed by atoms with E-state index < -0.39 is 18.5 Å². The fourth-order valence-electron chi connectivity index (χ4n) is 8.45. The predicted molar refractivity (Wildman–Crippen MR) is 155 cm³/mol. The van der Waals surface area contributed by atoms with Crippen LogP contribution in [0.1, 0.15) is 95.2 Å². The van der Waals surface area contributed by atoms with Gasteiger partial charge in [0.05, 0.1) is 11.0 Å². The minimum Gasteiger partial charge on any atom is -0.479 e. The molecule has 3 unspecified atom stereocenters. The molecule has 10 heteroatoms. The molecule has 2 saturated heterocycles. The minimum atomic E-state index is -1.19. The molecular weight excluding hydrogens is 522 g/mol. The van der Waals surface area contributed by atoms with Gasteiger partial charge >= 0.3 is 5.97 Å². The topological polar surface area (TPSA) is 140 Å². The number of primary amides is 1. The summed E-state index contributed by atoms with van der Waals surface area (Å²) >= 11 is 0. The quantitative estimate of drug-likeness (QED) is 0.347. The van der Waals surface area contributed by atoms with Gasteiger partial charge in [-0.3, -0.25) is 14.5 Å². The summed E-state index contributed by atoms with van der Waals surface area (Å²) in [5.41, 5.74) is 6.77. The average molecular weight is 564 g/mol. The lowest BCUT2D eigenvalue weighted by atomic mass is 9.68. The normalized spacial score (nSPS) is 30.2. The maximum atomic E-state index is 14.2. The fraction of sp³-hybridized carbons (Fsp3) is 0.645. The lowest BCUT2D eigenvalue weighted by molar-refractivity contribution is -0.142. The number of nitrogens with zero attached hydrogens (tertiary/aromatic N) is 4. The molecule has 3 heterocycles. The molecule has 2 saturated carbocycles. The Hall–Kier alpha value is -3.27. The number of carbonyl (C=O) groups is 2. The molecule has 5 atom stereocenters. The van der Waals surface area contributed by atoms with E-state index in [-0.39, 0.29) is 35.8 Å². The smallest absolute Gasteiger partial charge is 0.344 e. The van der Waals surface area contributed by atoms with Crippen molar-refractivity contribution in [3.05, 3.63) is 40.3 Å². The van der Waals surface area contributed by atoms with Crippen LogP contribution in [0, 0.1) is 11.8 Å². The molecule has 2 aliphatic heterocycles. The Kier molecular flexibility index (Phi) is 8.10. The average Bonchev–Trinajstić information content (AvgIpc) is 2.93. The summed E-state index contributed by atoms with van der Waals surface area (Å²) < 4.78 is 1.90. The molecule has 6 rings (SSSR count). The molecule has 1 aromatic carbocycles. The van der Waals surface area contributed by atoms with Crippen LogP contribution in [0.4, 0.5) is 0 Å². The number of hydrogen-bond acceptors (Lipinski definition) is 7. The third-order valence-corrected chi connectivity index (χ3v) is 9.93. The van der Waals surface area contributed by atoms with Crippen molar-refractivity contribution in [2.75, 3.05) is 6.61 Å². The highest BCUT2D eigenvalue weighted by Crippen LogP contribution is 2.47. The molecule has 4 fully saturated rings. The van der Waals surface area contributed by atoms with Crippen molar-refractivity contribution >= 4 is 28.6 Å². The highest BCUT2D eigenvalue weighted by Gasteiger charge is 2.45. The van der Waals surface area contributed by atoms with Gasteiger partial charge in [-0.1, -0.05) is 43.0 Å². The Morgan fingerprint density at radius 3 is 2.29 bits per heavy atom. The zero-order valence-electron chi connectivity index (χ0n) is 23.6. The number of nitrogens with two attached hydrogens (primary N) is 1. The zero-order valence-corrected chi connectivity index (χ0v) is 23.6. The molecule has 4 aliphatic rings. The summed E-state index contributed by atoms with van der Waals surface area (Å²) in [6.45, 7) is -0.660. The molecular formula is C31H41N5O5. The van der Waals surface area contributed by atoms with E-state index in [0.717, 1.165) is 43.0 Å². The maximum absolute atomic E-state index is 14.2. The van der Waals surface area contributed by atoms with Gasteiger partial charge in [0.2, 0.25) is 12.5 Å². The number of carboxylic acids is 1. The van der Waals surface area contributed by atoms with Crippen LogP contribution in [0.15, 0.2) is 34.2 Å². The Labute approximate surface area is 239 Å². The van der Waals surface area contributed by atoms with E-state index in [9.17, 15) is 14.4 Å². The molecule has 0 spiro atoms. The Bertz CT molecular complexity index is 1360. The van der Waals surface area contributed by atoms with Gasteiger partial charge in [-0.25, -0.2) is 9.78 Å². The predicted octanol–water partition coefficient (Wildman–Crippen LogP) is 3.99. The first-order chi connectivity index (χ1) is 19.9. The first-order valence-electron chi connectivity index (χ1n) is 15.4. The molecule has 1 amide bonds. The van der Waals surface area contributed by atoms with Crippen LogP contribution in [0.3, 0.4) is 0 Å². The van der Waals surface area contributed by atoms with E-state index >= 15 is 0 Å². The minimum absolute atomic E-state index is 0.0149. The summed E-state index contributed by atoms with van der Waals surface area (Å²) in [5.74, 6) is 0.0133. The lowest BCUT2D eigenvalue weighted by Gasteiger charge is -2.55. The standard InChI is InChI=1S/C31H41N5O5/c32-28(37)12-11-26(34-41-18-29(38)39)30-31(40)36(27-10-2-1-9-25(27)33-30)24-16-21-7-4-8-22(17-24)35(21)23-14-19-5-3-6-20(13-19)15-23/h1-2,9-10,19-24H,3-8,11-18H2,(H2,32,37)(H,38,39)/b34-26+/t19?,20?,21-,22+,23?,24?. The molecule has 1 aromatic heterocycles. The number of rotatable bonds is 9. The van der Waals surface area contributed by atoms with Gasteiger partial charge in [0.1, 0.15) is 5.71 Å². The number of para-hydroxylation sites is 2. The molecule has 2 aromatic rings. The van der Waals surface area contributed by atoms with Crippen LogP contribution in [0.2, 0.25) is 0 Å². The van der Waals surface area contributed by atoms with E-state index in [1.807, 2.05) is 28.8 Å². The number of piperidine rings is 2. The molecule has 0 radical (unpaired) electrons. The molecule has 41 heavy (non-hydrogen) atoms. The first kappa shape index (κ1) is 27.9. The zero-order chi connectivity index (χ0) is 28.5. The van der Waals surface area contributed by atoms with E-state index in [0.29, 0.717) is 23.6 Å². The van der Waals surface area contributed by atoms with Gasteiger partial charge < -0.3 is 20.2 Å². The number of aliphatic carboxylic acids is 1. The van der Waals surface area contributed by atoms with Gasteiger partial charge in [-0.15, -0.1) is 0 Å². The van der Waals surface area contributed by atoms with E-state index in [4.69, 9.17) is 15.7 Å². The van der Waals surface area contributed by atoms with Crippen LogP contribution < -0.4 is 11.3 Å². The van der Waals surface area contributed by atoms with E-state index in [1.165, 1.54) is 44.9 Å². The number of aromatic nitrogens is 2. The summed E-state index contributed by atoms with van der Waals surface area (Å²) in [5, 5.41) is 13.0. The van der Waals surface area contributed by atoms with E-state index in [2.05, 4.69) is 15.0 Å². The number of carbonyl (C=O) groups excluding carboxylic acids is 1. The monoisotopic (exact) mass is 563 g/mol.